The molecule has 0 saturated carbocycles. The van der Waals surface area contributed by atoms with Gasteiger partial charge in [0.25, 0.3) is 16.5 Å². The van der Waals surface area contributed by atoms with Gasteiger partial charge in [0, 0.05) is 64.0 Å². The van der Waals surface area contributed by atoms with E-state index < -0.39 is 10.0 Å². The molecule has 0 aliphatic carbocycles. The van der Waals surface area contributed by atoms with Crippen molar-refractivity contribution in [2.45, 2.75) is 30.4 Å². The summed E-state index contributed by atoms with van der Waals surface area (Å²) in [6.45, 7) is 5.97. The van der Waals surface area contributed by atoms with Crippen LogP contribution in [0.4, 0.5) is 11.4 Å². The summed E-state index contributed by atoms with van der Waals surface area (Å²) in [7, 11) is -2.07. The third-order valence-electron chi connectivity index (χ3n) is 6.43. The lowest BCUT2D eigenvalue weighted by Crippen LogP contribution is -2.49. The average molecular weight is 502 g/mol. The van der Waals surface area contributed by atoms with Gasteiger partial charge in [0.05, 0.1) is 22.2 Å². The molecule has 0 unspecified atom stereocenters. The summed E-state index contributed by atoms with van der Waals surface area (Å²) in [5.41, 5.74) is 3.07. The number of fused-ring (bicyclic) bond motifs is 1. The van der Waals surface area contributed by atoms with Crippen LogP contribution >= 0.6 is 0 Å². The first-order chi connectivity index (χ1) is 16.9. The second-order valence-electron chi connectivity index (χ2n) is 8.68. The Morgan fingerprint density at radius 3 is 2.69 bits per heavy atom. The average Bonchev–Trinajstić information content (AvgIpc) is 3.50. The predicted molar refractivity (Wildman–Crippen MR) is 135 cm³/mol. The van der Waals surface area contributed by atoms with Crippen molar-refractivity contribution in [2.75, 3.05) is 49.6 Å². The van der Waals surface area contributed by atoms with Crippen molar-refractivity contribution in [1.29, 1.82) is 0 Å². The number of ether oxygens (including phenoxy) is 1. The maximum atomic E-state index is 13.8. The number of piperazine rings is 1. The first-order valence-corrected chi connectivity index (χ1v) is 13.0. The maximum absolute atomic E-state index is 13.8. The van der Waals surface area contributed by atoms with E-state index in [9.17, 15) is 8.42 Å². The fourth-order valence-electron chi connectivity index (χ4n) is 4.70. The summed E-state index contributed by atoms with van der Waals surface area (Å²) in [4.78, 5) is 17.6. The molecule has 2 aliphatic heterocycles. The molecular weight excluding hydrogens is 470 g/mol. The van der Waals surface area contributed by atoms with Gasteiger partial charge in [-0.15, -0.1) is 0 Å². The number of anilines is 2. The molecule has 3 aromatic rings. The van der Waals surface area contributed by atoms with Crippen LogP contribution < -0.4 is 15.1 Å². The summed E-state index contributed by atoms with van der Waals surface area (Å²) in [6, 6.07) is 11.1. The second kappa shape index (κ2) is 10.6. The van der Waals surface area contributed by atoms with E-state index >= 15 is 0 Å². The highest BCUT2D eigenvalue weighted by atomic mass is 32.2. The Morgan fingerprint density at radius 2 is 1.97 bits per heavy atom. The van der Waals surface area contributed by atoms with Crippen LogP contribution in [0.3, 0.4) is 0 Å². The van der Waals surface area contributed by atoms with E-state index in [1.165, 1.54) is 3.97 Å². The molecular formula is C24H31N5O5S. The molecule has 188 valence electrons. The van der Waals surface area contributed by atoms with Crippen molar-refractivity contribution in [3.63, 3.8) is 0 Å². The number of rotatable bonds is 5. The molecule has 10 nitrogen and oxygen atoms in total. The smallest absolute Gasteiger partial charge is 0.290 e. The van der Waals surface area contributed by atoms with Crippen molar-refractivity contribution in [3.8, 4) is 0 Å². The molecule has 35 heavy (non-hydrogen) atoms. The molecule has 4 heterocycles. The molecule has 2 fully saturated rings. The van der Waals surface area contributed by atoms with Crippen LogP contribution in [0, 0.1) is 0 Å². The number of benzene rings is 1. The Labute approximate surface area is 205 Å². The molecule has 2 saturated heterocycles. The number of carbonyl (C=O) groups is 1. The first kappa shape index (κ1) is 25.0. The molecule has 2 aliphatic rings. The zero-order valence-electron chi connectivity index (χ0n) is 19.9. The summed E-state index contributed by atoms with van der Waals surface area (Å²) in [5, 5.41) is 10.3. The van der Waals surface area contributed by atoms with Gasteiger partial charge in [-0.05, 0) is 43.7 Å². The van der Waals surface area contributed by atoms with Gasteiger partial charge in [-0.3, -0.25) is 9.78 Å². The Kier molecular flexibility index (Phi) is 7.58. The normalized spacial score (nSPS) is 20.5. The highest BCUT2D eigenvalue weighted by Gasteiger charge is 2.27. The highest BCUT2D eigenvalue weighted by Crippen LogP contribution is 2.32. The van der Waals surface area contributed by atoms with Crippen molar-refractivity contribution in [2.24, 2.45) is 0 Å². The zero-order valence-corrected chi connectivity index (χ0v) is 20.7. The Balaban J connectivity index is 0.000000917. The molecule has 0 amide bonds. The van der Waals surface area contributed by atoms with Gasteiger partial charge >= 0.3 is 0 Å². The third-order valence-corrected chi connectivity index (χ3v) is 8.10. The lowest BCUT2D eigenvalue weighted by molar-refractivity contribution is -0.122. The van der Waals surface area contributed by atoms with Gasteiger partial charge in [-0.25, -0.2) is 12.4 Å². The Morgan fingerprint density at radius 1 is 1.17 bits per heavy atom. The Hall–Kier alpha value is -3.15. The van der Waals surface area contributed by atoms with Gasteiger partial charge < -0.3 is 25.0 Å². The summed E-state index contributed by atoms with van der Waals surface area (Å²) in [6.07, 6.45) is 4.57. The minimum Gasteiger partial charge on any atom is -0.483 e. The van der Waals surface area contributed by atoms with Crippen LogP contribution in [0.5, 0.6) is 0 Å². The number of hydrogen-bond donors (Lipinski definition) is 2. The minimum atomic E-state index is -3.79. The van der Waals surface area contributed by atoms with Crippen molar-refractivity contribution in [3.05, 3.63) is 48.8 Å². The van der Waals surface area contributed by atoms with Gasteiger partial charge in [0.15, 0.2) is 0 Å². The molecule has 0 spiro atoms. The summed E-state index contributed by atoms with van der Waals surface area (Å²) >= 11 is 0. The van der Waals surface area contributed by atoms with Gasteiger partial charge in [-0.2, -0.15) is 0 Å². The molecule has 2 N–H and O–H groups in total. The number of carboxylic acid groups (broad SMARTS) is 1. The van der Waals surface area contributed by atoms with Crippen LogP contribution in [-0.2, 0) is 19.6 Å². The summed E-state index contributed by atoms with van der Waals surface area (Å²) in [5.74, 6) is 0. The number of hydrogen-bond acceptors (Lipinski definition) is 8. The second-order valence-corrected chi connectivity index (χ2v) is 10.5. The summed E-state index contributed by atoms with van der Waals surface area (Å²) < 4.78 is 34.4. The van der Waals surface area contributed by atoms with E-state index in [2.05, 4.69) is 27.0 Å². The maximum Gasteiger partial charge on any atom is 0.290 e. The topological polar surface area (TPSA) is 117 Å². The standard InChI is InChI=1S/C23H29N5O3S.CH2O2/c1-17-14-27(12-10-24-17)22-16-28(21-7-4-9-25-23(21)22)32(29,30)20-6-3-5-18(13-20)26-11-8-19(15-26)31-2;2-1-3/h3-7,9,13,16-17,19,24H,8,10-12,14-15H2,1-2H3;1H,(H,2,3)/t17-,19-;/m1./s1. The molecule has 1 aromatic carbocycles. The van der Waals surface area contributed by atoms with E-state index in [4.69, 9.17) is 14.6 Å². The van der Waals surface area contributed by atoms with Gasteiger partial charge in [0.1, 0.15) is 5.52 Å². The fraction of sp³-hybridized carbons (Fsp3) is 0.417. The van der Waals surface area contributed by atoms with E-state index in [0.717, 1.165) is 50.5 Å². The van der Waals surface area contributed by atoms with E-state index in [-0.39, 0.29) is 17.5 Å². The number of nitrogens with zero attached hydrogens (tertiary/aromatic N) is 4. The van der Waals surface area contributed by atoms with E-state index in [0.29, 0.717) is 17.1 Å². The lowest BCUT2D eigenvalue weighted by atomic mass is 10.2. The van der Waals surface area contributed by atoms with E-state index in [1.54, 1.807) is 37.7 Å². The third kappa shape index (κ3) is 5.12. The fourth-order valence-corrected chi connectivity index (χ4v) is 6.10. The molecule has 2 aromatic heterocycles. The van der Waals surface area contributed by atoms with Gasteiger partial charge in [0.2, 0.25) is 0 Å². The van der Waals surface area contributed by atoms with Crippen LogP contribution in [-0.4, -0.2) is 80.9 Å². The van der Waals surface area contributed by atoms with Crippen LogP contribution in [0.1, 0.15) is 13.3 Å². The van der Waals surface area contributed by atoms with E-state index in [1.807, 2.05) is 18.2 Å². The van der Waals surface area contributed by atoms with Crippen LogP contribution in [0.2, 0.25) is 0 Å². The largest absolute Gasteiger partial charge is 0.483 e. The molecule has 2 atom stereocenters. The van der Waals surface area contributed by atoms with Crippen molar-refractivity contribution < 1.29 is 23.1 Å². The number of pyridine rings is 1. The quantitative estimate of drug-likeness (QED) is 0.506. The molecule has 5 rings (SSSR count). The molecule has 11 heteroatoms. The van der Waals surface area contributed by atoms with Crippen molar-refractivity contribution >= 4 is 38.9 Å². The highest BCUT2D eigenvalue weighted by molar-refractivity contribution is 7.90. The minimum absolute atomic E-state index is 0.179. The van der Waals surface area contributed by atoms with Gasteiger partial charge in [-0.1, -0.05) is 6.07 Å². The monoisotopic (exact) mass is 501 g/mol. The van der Waals surface area contributed by atoms with Crippen LogP contribution in [0.15, 0.2) is 53.7 Å². The number of aromatic nitrogens is 2. The number of nitrogens with one attached hydrogen (secondary N) is 1. The van der Waals surface area contributed by atoms with Crippen LogP contribution in [0.25, 0.3) is 11.0 Å². The molecule has 0 radical (unpaired) electrons. The first-order valence-electron chi connectivity index (χ1n) is 11.5. The lowest BCUT2D eigenvalue weighted by Gasteiger charge is -2.32. The predicted octanol–water partition coefficient (Wildman–Crippen LogP) is 2.00. The SMILES string of the molecule is CO[C@@H]1CCN(c2cccc(S(=O)(=O)n3cc(N4CCN[C@H](C)C4)c4ncccc43)c2)C1.O=CO. The van der Waals surface area contributed by atoms with Crippen molar-refractivity contribution in [1.82, 2.24) is 14.3 Å². The zero-order chi connectivity index (χ0) is 25.0. The number of methoxy groups -OCH3 is 1. The Bertz CT molecular complexity index is 1280. The molecule has 0 bridgehead atoms.